The van der Waals surface area contributed by atoms with Gasteiger partial charge in [-0.1, -0.05) is 55.1 Å². The number of H-pyrrole nitrogens is 1. The summed E-state index contributed by atoms with van der Waals surface area (Å²) < 4.78 is 7.74. The van der Waals surface area contributed by atoms with Crippen LogP contribution in [-0.4, -0.2) is 30.1 Å². The van der Waals surface area contributed by atoms with Crippen molar-refractivity contribution in [2.45, 2.75) is 64.2 Å². The number of pyridine rings is 1. The van der Waals surface area contributed by atoms with Crippen molar-refractivity contribution in [2.75, 3.05) is 0 Å². The van der Waals surface area contributed by atoms with Crippen LogP contribution in [0.15, 0.2) is 76.1 Å². The number of rotatable bonds is 8. The Bertz CT molecular complexity index is 1600. The summed E-state index contributed by atoms with van der Waals surface area (Å²) in [6.07, 6.45) is 7.22. The quantitative estimate of drug-likeness (QED) is 0.245. The predicted octanol–water partition coefficient (Wildman–Crippen LogP) is 6.37. The van der Waals surface area contributed by atoms with Crippen LogP contribution in [-0.2, 0) is 13.1 Å². The summed E-state index contributed by atoms with van der Waals surface area (Å²) in [4.78, 5) is 19.1. The van der Waals surface area contributed by atoms with E-state index in [1.54, 1.807) is 6.26 Å². The third-order valence-corrected chi connectivity index (χ3v) is 7.86. The zero-order valence-corrected chi connectivity index (χ0v) is 22.6. The van der Waals surface area contributed by atoms with E-state index in [-0.39, 0.29) is 11.6 Å². The first kappa shape index (κ1) is 25.5. The number of furan rings is 1. The molecule has 5 aromatic rings. The number of fused-ring (bicyclic) bond motifs is 1. The van der Waals surface area contributed by atoms with Gasteiger partial charge in [0.05, 0.1) is 18.8 Å². The molecular weight excluding hydrogens is 512 g/mol. The van der Waals surface area contributed by atoms with Gasteiger partial charge in [-0.3, -0.25) is 9.69 Å². The van der Waals surface area contributed by atoms with Crippen LogP contribution in [0.5, 0.6) is 0 Å². The first-order valence-electron chi connectivity index (χ1n) is 13.5. The highest BCUT2D eigenvalue weighted by molar-refractivity contribution is 6.30. The van der Waals surface area contributed by atoms with E-state index in [0.29, 0.717) is 29.5 Å². The molecule has 3 heterocycles. The van der Waals surface area contributed by atoms with Crippen LogP contribution in [0.4, 0.5) is 0 Å². The number of aromatic nitrogens is 5. The monoisotopic (exact) mass is 542 g/mol. The van der Waals surface area contributed by atoms with Crippen molar-refractivity contribution in [3.05, 3.63) is 111 Å². The molecule has 0 bridgehead atoms. The number of aryl methyl sites for hydroxylation is 1. The zero-order chi connectivity index (χ0) is 26.8. The van der Waals surface area contributed by atoms with Crippen LogP contribution in [0.1, 0.15) is 72.5 Å². The van der Waals surface area contributed by atoms with E-state index >= 15 is 0 Å². The van der Waals surface area contributed by atoms with E-state index in [1.165, 1.54) is 6.42 Å². The van der Waals surface area contributed by atoms with Gasteiger partial charge < -0.3 is 9.40 Å². The van der Waals surface area contributed by atoms with Gasteiger partial charge in [0, 0.05) is 22.6 Å². The van der Waals surface area contributed by atoms with Crippen molar-refractivity contribution >= 4 is 22.5 Å². The minimum atomic E-state index is -0.517. The van der Waals surface area contributed by atoms with E-state index in [2.05, 4.69) is 31.5 Å². The highest BCUT2D eigenvalue weighted by Gasteiger charge is 2.33. The summed E-state index contributed by atoms with van der Waals surface area (Å²) in [6.45, 7) is 3.01. The van der Waals surface area contributed by atoms with Crippen LogP contribution < -0.4 is 5.56 Å². The Morgan fingerprint density at radius 2 is 1.90 bits per heavy atom. The van der Waals surface area contributed by atoms with Gasteiger partial charge in [-0.15, -0.1) is 5.10 Å². The number of nitrogens with one attached hydrogen (secondary N) is 1. The molecule has 39 heavy (non-hydrogen) atoms. The fraction of sp³-hybridized carbons (Fsp3) is 0.333. The molecule has 200 valence electrons. The van der Waals surface area contributed by atoms with E-state index in [4.69, 9.17) is 16.0 Å². The van der Waals surface area contributed by atoms with E-state index in [1.807, 2.05) is 66.2 Å². The van der Waals surface area contributed by atoms with Crippen molar-refractivity contribution in [1.29, 1.82) is 0 Å². The first-order valence-corrected chi connectivity index (χ1v) is 13.9. The lowest BCUT2D eigenvalue weighted by atomic mass is 9.95. The number of hydrogen-bond acceptors (Lipinski definition) is 6. The average molecular weight is 543 g/mol. The fourth-order valence-electron chi connectivity index (χ4n) is 5.67. The van der Waals surface area contributed by atoms with Crippen LogP contribution in [0.3, 0.4) is 0 Å². The second-order valence-corrected chi connectivity index (χ2v) is 10.9. The van der Waals surface area contributed by atoms with Gasteiger partial charge in [0.2, 0.25) is 0 Å². The number of tetrazole rings is 1. The summed E-state index contributed by atoms with van der Waals surface area (Å²) in [6, 6.07) is 19.4. The lowest BCUT2D eigenvalue weighted by molar-refractivity contribution is 0.173. The molecule has 1 fully saturated rings. The van der Waals surface area contributed by atoms with E-state index in [9.17, 15) is 4.79 Å². The number of nitrogens with zero attached hydrogens (tertiary/aromatic N) is 5. The van der Waals surface area contributed by atoms with E-state index < -0.39 is 6.04 Å². The molecule has 1 atom stereocenters. The molecule has 1 saturated carbocycles. The van der Waals surface area contributed by atoms with Crippen molar-refractivity contribution in [3.63, 3.8) is 0 Å². The standard InChI is InChI=1S/C30H31ClN6O2/c1-20-9-12-22-17-26(30(38)32-27(22)16-20)28(29-33-34-35-37(29)24-6-3-2-4-7-24)36(19-25-8-5-15-39-25)18-21-10-13-23(31)14-11-21/h5,8-17,24,28H,2-4,6-7,18-19H2,1H3,(H,32,38)/t28-/m1/s1. The molecule has 0 spiro atoms. The molecular formula is C30H31ClN6O2. The third kappa shape index (κ3) is 5.53. The molecule has 8 nitrogen and oxygen atoms in total. The minimum Gasteiger partial charge on any atom is -0.468 e. The lowest BCUT2D eigenvalue weighted by Gasteiger charge is -2.32. The maximum absolute atomic E-state index is 13.8. The molecule has 1 aliphatic rings. The molecule has 2 aromatic carbocycles. The second kappa shape index (κ2) is 11.2. The summed E-state index contributed by atoms with van der Waals surface area (Å²) in [7, 11) is 0. The molecule has 1 N–H and O–H groups in total. The highest BCUT2D eigenvalue weighted by Crippen LogP contribution is 2.34. The van der Waals surface area contributed by atoms with Gasteiger partial charge in [0.25, 0.3) is 5.56 Å². The number of benzene rings is 2. The molecule has 0 amide bonds. The normalized spacial score (nSPS) is 15.3. The average Bonchev–Trinajstić information content (AvgIpc) is 3.64. The van der Waals surface area contributed by atoms with Crippen LogP contribution in [0.2, 0.25) is 5.02 Å². The zero-order valence-electron chi connectivity index (χ0n) is 21.9. The Morgan fingerprint density at radius 1 is 1.08 bits per heavy atom. The highest BCUT2D eigenvalue weighted by atomic mass is 35.5. The van der Waals surface area contributed by atoms with Crippen LogP contribution >= 0.6 is 11.6 Å². The molecule has 9 heteroatoms. The van der Waals surface area contributed by atoms with Crippen molar-refractivity contribution < 1.29 is 4.42 Å². The summed E-state index contributed by atoms with van der Waals surface area (Å²) in [5, 5.41) is 14.8. The van der Waals surface area contributed by atoms with Crippen LogP contribution in [0, 0.1) is 6.92 Å². The summed E-state index contributed by atoms with van der Waals surface area (Å²) in [5.41, 5.74) is 3.40. The molecule has 0 saturated heterocycles. The summed E-state index contributed by atoms with van der Waals surface area (Å²) in [5.74, 6) is 1.46. The largest absolute Gasteiger partial charge is 0.468 e. The van der Waals surface area contributed by atoms with Gasteiger partial charge in [-0.25, -0.2) is 4.68 Å². The number of aromatic amines is 1. The van der Waals surface area contributed by atoms with Gasteiger partial charge in [0.15, 0.2) is 5.82 Å². The van der Waals surface area contributed by atoms with Crippen LogP contribution in [0.25, 0.3) is 10.9 Å². The lowest BCUT2D eigenvalue weighted by Crippen LogP contribution is -2.35. The Labute approximate surface area is 231 Å². The smallest absolute Gasteiger partial charge is 0.253 e. The maximum atomic E-state index is 13.8. The third-order valence-electron chi connectivity index (χ3n) is 7.61. The Morgan fingerprint density at radius 3 is 2.67 bits per heavy atom. The second-order valence-electron chi connectivity index (χ2n) is 10.4. The molecule has 6 rings (SSSR count). The SMILES string of the molecule is Cc1ccc2cc([C@H](c3nnnn3C3CCCCC3)N(Cc3ccc(Cl)cc3)Cc3ccco3)c(=O)[nH]c2c1. The number of halogens is 1. The van der Waals surface area contributed by atoms with Gasteiger partial charge in [0.1, 0.15) is 11.8 Å². The fourth-order valence-corrected chi connectivity index (χ4v) is 5.79. The number of hydrogen-bond donors (Lipinski definition) is 1. The Hall–Kier alpha value is -3.75. The van der Waals surface area contributed by atoms with E-state index in [0.717, 1.165) is 53.5 Å². The minimum absolute atomic E-state index is 0.156. The van der Waals surface area contributed by atoms with Gasteiger partial charge in [-0.05, 0) is 83.1 Å². The molecule has 0 unspecified atom stereocenters. The molecule has 0 aliphatic heterocycles. The predicted molar refractivity (Wildman–Crippen MR) is 150 cm³/mol. The maximum Gasteiger partial charge on any atom is 0.253 e. The van der Waals surface area contributed by atoms with Crippen molar-refractivity contribution in [1.82, 2.24) is 30.1 Å². The molecule has 3 aromatic heterocycles. The Kier molecular flexibility index (Phi) is 7.30. The topological polar surface area (TPSA) is 92.8 Å². The van der Waals surface area contributed by atoms with Gasteiger partial charge in [-0.2, -0.15) is 0 Å². The van der Waals surface area contributed by atoms with Crippen molar-refractivity contribution in [3.8, 4) is 0 Å². The Balaban J connectivity index is 1.52. The summed E-state index contributed by atoms with van der Waals surface area (Å²) >= 11 is 6.19. The molecule has 1 aliphatic carbocycles. The van der Waals surface area contributed by atoms with Gasteiger partial charge >= 0.3 is 0 Å². The first-order chi connectivity index (χ1) is 19.0. The molecule has 0 radical (unpaired) electrons. The van der Waals surface area contributed by atoms with Crippen molar-refractivity contribution in [2.24, 2.45) is 0 Å².